The highest BCUT2D eigenvalue weighted by molar-refractivity contribution is 5.31. The first-order valence-electron chi connectivity index (χ1n) is 7.82. The van der Waals surface area contributed by atoms with Gasteiger partial charge in [-0.15, -0.1) is 0 Å². The van der Waals surface area contributed by atoms with Crippen molar-refractivity contribution in [3.63, 3.8) is 0 Å². The average molecular weight is 362 g/mol. The Kier molecular flexibility index (Phi) is 3.69. The molecule has 1 saturated heterocycles. The molecule has 1 fully saturated rings. The summed E-state index contributed by atoms with van der Waals surface area (Å²) in [5.41, 5.74) is -1.21. The molecule has 4 rings (SSSR count). The van der Waals surface area contributed by atoms with Crippen LogP contribution in [0.1, 0.15) is 18.5 Å². The Morgan fingerprint density at radius 1 is 1.08 bits per heavy atom. The molecule has 6 nitrogen and oxygen atoms in total. The van der Waals surface area contributed by atoms with E-state index >= 15 is 0 Å². The first-order chi connectivity index (χ1) is 12.4. The first-order valence-corrected chi connectivity index (χ1v) is 7.82. The number of rotatable bonds is 4. The second-order valence-corrected chi connectivity index (χ2v) is 6.07. The van der Waals surface area contributed by atoms with Crippen LogP contribution >= 0.6 is 0 Å². The summed E-state index contributed by atoms with van der Waals surface area (Å²) in [6.45, 7) is 1.80. The van der Waals surface area contributed by atoms with E-state index in [9.17, 15) is 18.0 Å². The molecule has 0 bridgehead atoms. The van der Waals surface area contributed by atoms with Gasteiger partial charge in [-0.05, 0) is 47.7 Å². The molecule has 3 aromatic rings. The Morgan fingerprint density at radius 3 is 2.35 bits per heavy atom. The normalized spacial score (nSPS) is 20.2. The quantitative estimate of drug-likeness (QED) is 0.669. The lowest BCUT2D eigenvalue weighted by atomic mass is 9.92. The molecule has 0 aliphatic carbocycles. The highest BCUT2D eigenvalue weighted by atomic mass is 19.1. The lowest BCUT2D eigenvalue weighted by Crippen LogP contribution is -2.34. The predicted octanol–water partition coefficient (Wildman–Crippen LogP) is 2.33. The molecule has 2 atom stereocenters. The predicted molar refractivity (Wildman–Crippen MR) is 84.3 cm³/mol. The molecular formula is C17H13F3N4O2. The minimum Gasteiger partial charge on any atom is -0.362 e. The Morgan fingerprint density at radius 2 is 1.73 bits per heavy atom. The van der Waals surface area contributed by atoms with Crippen molar-refractivity contribution in [2.45, 2.75) is 18.6 Å². The van der Waals surface area contributed by atoms with Crippen molar-refractivity contribution in [1.29, 1.82) is 0 Å². The van der Waals surface area contributed by atoms with Gasteiger partial charge in [-0.25, -0.2) is 18.0 Å². The SMILES string of the molecule is C[C@@H](n1nnn(-c2ccc(F)cc2)c1=O)[C@]1(c2ccc(F)cc2F)CO1. The summed E-state index contributed by atoms with van der Waals surface area (Å²) in [4.78, 5) is 12.6. The van der Waals surface area contributed by atoms with Gasteiger partial charge in [0.05, 0.1) is 18.3 Å². The third-order valence-electron chi connectivity index (χ3n) is 4.56. The minimum atomic E-state index is -1.12. The van der Waals surface area contributed by atoms with E-state index in [1.54, 1.807) is 6.92 Å². The molecular weight excluding hydrogens is 349 g/mol. The molecule has 26 heavy (non-hydrogen) atoms. The zero-order chi connectivity index (χ0) is 18.5. The second-order valence-electron chi connectivity index (χ2n) is 6.07. The van der Waals surface area contributed by atoms with Crippen molar-refractivity contribution < 1.29 is 17.9 Å². The highest BCUT2D eigenvalue weighted by Crippen LogP contribution is 2.48. The Balaban J connectivity index is 1.72. The number of hydrogen-bond donors (Lipinski definition) is 0. The van der Waals surface area contributed by atoms with Crippen LogP contribution in [0.4, 0.5) is 13.2 Å². The summed E-state index contributed by atoms with van der Waals surface area (Å²) in [7, 11) is 0. The average Bonchev–Trinajstić information content (AvgIpc) is 3.32. The smallest absolute Gasteiger partial charge is 0.362 e. The second kappa shape index (κ2) is 5.80. The van der Waals surface area contributed by atoms with Crippen LogP contribution in [-0.4, -0.2) is 26.4 Å². The number of epoxide rings is 1. The zero-order valence-electron chi connectivity index (χ0n) is 13.6. The van der Waals surface area contributed by atoms with Crippen LogP contribution in [-0.2, 0) is 10.3 Å². The molecule has 1 aliphatic rings. The number of hydrogen-bond acceptors (Lipinski definition) is 4. The molecule has 2 heterocycles. The molecule has 0 radical (unpaired) electrons. The van der Waals surface area contributed by atoms with Crippen molar-refractivity contribution in [3.05, 3.63) is 76.0 Å². The maximum absolute atomic E-state index is 14.2. The van der Waals surface area contributed by atoms with E-state index < -0.39 is 34.8 Å². The monoisotopic (exact) mass is 362 g/mol. The van der Waals surface area contributed by atoms with Gasteiger partial charge >= 0.3 is 5.69 Å². The van der Waals surface area contributed by atoms with E-state index in [2.05, 4.69) is 10.4 Å². The fourth-order valence-electron chi connectivity index (χ4n) is 2.97. The van der Waals surface area contributed by atoms with E-state index in [0.29, 0.717) is 5.69 Å². The molecule has 0 spiro atoms. The van der Waals surface area contributed by atoms with Crippen LogP contribution < -0.4 is 5.69 Å². The van der Waals surface area contributed by atoms with Gasteiger partial charge in [0.25, 0.3) is 0 Å². The van der Waals surface area contributed by atoms with Crippen LogP contribution in [0.25, 0.3) is 5.69 Å². The molecule has 0 saturated carbocycles. The van der Waals surface area contributed by atoms with Crippen molar-refractivity contribution >= 4 is 0 Å². The van der Waals surface area contributed by atoms with Crippen molar-refractivity contribution in [2.24, 2.45) is 0 Å². The van der Waals surface area contributed by atoms with Crippen molar-refractivity contribution in [1.82, 2.24) is 19.8 Å². The molecule has 0 unspecified atom stereocenters. The van der Waals surface area contributed by atoms with E-state index in [4.69, 9.17) is 4.74 Å². The van der Waals surface area contributed by atoms with Crippen LogP contribution in [0.5, 0.6) is 0 Å². The fourth-order valence-corrected chi connectivity index (χ4v) is 2.97. The number of ether oxygens (including phenoxy) is 1. The molecule has 134 valence electrons. The van der Waals surface area contributed by atoms with E-state index in [1.165, 1.54) is 30.3 Å². The minimum absolute atomic E-state index is 0.148. The molecule has 1 aliphatic heterocycles. The maximum atomic E-state index is 14.2. The largest absolute Gasteiger partial charge is 0.368 e. The Hall–Kier alpha value is -2.94. The topological polar surface area (TPSA) is 65.2 Å². The number of benzene rings is 2. The summed E-state index contributed by atoms with van der Waals surface area (Å²) in [5, 5.41) is 7.63. The van der Waals surface area contributed by atoms with Crippen LogP contribution in [0.15, 0.2) is 47.3 Å². The summed E-state index contributed by atoms with van der Waals surface area (Å²) in [6, 6.07) is 7.68. The Bertz CT molecular complexity index is 1030. The van der Waals surface area contributed by atoms with Crippen LogP contribution in [0.3, 0.4) is 0 Å². The molecule has 2 aromatic carbocycles. The van der Waals surface area contributed by atoms with Gasteiger partial charge in [0, 0.05) is 11.6 Å². The van der Waals surface area contributed by atoms with E-state index in [0.717, 1.165) is 21.5 Å². The van der Waals surface area contributed by atoms with Crippen LogP contribution in [0, 0.1) is 17.5 Å². The van der Waals surface area contributed by atoms with Crippen LogP contribution in [0.2, 0.25) is 0 Å². The summed E-state index contributed by atoms with van der Waals surface area (Å²) in [5.74, 6) is -1.90. The fraction of sp³-hybridized carbons (Fsp3) is 0.235. The Labute approximate surface area is 145 Å². The van der Waals surface area contributed by atoms with Gasteiger partial charge in [0.2, 0.25) is 0 Å². The first kappa shape index (κ1) is 16.5. The molecule has 9 heteroatoms. The molecule has 1 aromatic heterocycles. The lowest BCUT2D eigenvalue weighted by molar-refractivity contribution is 0.209. The van der Waals surface area contributed by atoms with Gasteiger partial charge in [0.15, 0.2) is 0 Å². The third kappa shape index (κ3) is 2.51. The van der Waals surface area contributed by atoms with E-state index in [-0.39, 0.29) is 12.2 Å². The van der Waals surface area contributed by atoms with Gasteiger partial charge in [-0.3, -0.25) is 0 Å². The molecule has 0 amide bonds. The highest BCUT2D eigenvalue weighted by Gasteiger charge is 2.54. The summed E-state index contributed by atoms with van der Waals surface area (Å²) in [6.07, 6.45) is 0. The third-order valence-corrected chi connectivity index (χ3v) is 4.56. The maximum Gasteiger partial charge on any atom is 0.368 e. The molecule has 0 N–H and O–H groups in total. The standard InChI is InChI=1S/C17H13F3N4O2/c1-10(17(9-26-17)14-7-4-12(19)8-15(14)20)23-16(25)24(22-21-23)13-5-2-11(18)3-6-13/h2-8,10H,9H2,1H3/t10-,17+/m1/s1. The summed E-state index contributed by atoms with van der Waals surface area (Å²) >= 11 is 0. The number of nitrogens with zero attached hydrogens (tertiary/aromatic N) is 4. The zero-order valence-corrected chi connectivity index (χ0v) is 13.6. The number of tetrazole rings is 1. The number of halogens is 3. The summed E-state index contributed by atoms with van der Waals surface area (Å²) < 4.78 is 47.9. The van der Waals surface area contributed by atoms with Gasteiger partial charge in [-0.1, -0.05) is 6.07 Å². The van der Waals surface area contributed by atoms with Gasteiger partial charge < -0.3 is 4.74 Å². The number of aromatic nitrogens is 4. The van der Waals surface area contributed by atoms with Gasteiger partial charge in [0.1, 0.15) is 23.1 Å². The van der Waals surface area contributed by atoms with Gasteiger partial charge in [-0.2, -0.15) is 9.36 Å². The van der Waals surface area contributed by atoms with Crippen molar-refractivity contribution in [2.75, 3.05) is 6.61 Å². The van der Waals surface area contributed by atoms with E-state index in [1.807, 2.05) is 0 Å². The lowest BCUT2D eigenvalue weighted by Gasteiger charge is -2.20. The van der Waals surface area contributed by atoms with Crippen molar-refractivity contribution in [3.8, 4) is 5.69 Å².